The van der Waals surface area contributed by atoms with Crippen LogP contribution in [0.5, 0.6) is 0 Å². The third-order valence-corrected chi connectivity index (χ3v) is 3.47. The van der Waals surface area contributed by atoms with Gasteiger partial charge in [-0.15, -0.1) is 0 Å². The van der Waals surface area contributed by atoms with Gasteiger partial charge in [-0.05, 0) is 25.7 Å². The molecule has 3 unspecified atom stereocenters. The Bertz CT molecular complexity index is 291. The fraction of sp³-hybridized carbons (Fsp3) is 0.833. The molecule has 1 heterocycles. The van der Waals surface area contributed by atoms with E-state index >= 15 is 0 Å². The lowest BCUT2D eigenvalue weighted by Crippen LogP contribution is -2.46. The summed E-state index contributed by atoms with van der Waals surface area (Å²) in [6.45, 7) is 4.93. The summed E-state index contributed by atoms with van der Waals surface area (Å²) in [5.41, 5.74) is 5.72. The van der Waals surface area contributed by atoms with Crippen LogP contribution in [0.1, 0.15) is 33.1 Å². The molecule has 98 valence electrons. The molecule has 0 aromatic heterocycles. The minimum Gasteiger partial charge on any atom is -0.481 e. The van der Waals surface area contributed by atoms with Crippen LogP contribution in [0.2, 0.25) is 0 Å². The summed E-state index contributed by atoms with van der Waals surface area (Å²) in [5, 5.41) is 8.76. The second-order valence-electron chi connectivity index (χ2n) is 5.04. The van der Waals surface area contributed by atoms with Crippen molar-refractivity contribution in [1.82, 2.24) is 4.90 Å². The van der Waals surface area contributed by atoms with E-state index in [0.717, 1.165) is 19.4 Å². The maximum absolute atomic E-state index is 12.1. The first-order valence-corrected chi connectivity index (χ1v) is 6.18. The van der Waals surface area contributed by atoms with Crippen LogP contribution in [0.25, 0.3) is 0 Å². The molecule has 1 aliphatic heterocycles. The number of rotatable bonds is 4. The second kappa shape index (κ2) is 6.00. The van der Waals surface area contributed by atoms with Gasteiger partial charge < -0.3 is 15.7 Å². The maximum atomic E-state index is 12.1. The molecule has 0 bridgehead atoms. The number of piperidine rings is 1. The van der Waals surface area contributed by atoms with Crippen molar-refractivity contribution in [2.24, 2.45) is 17.6 Å². The molecule has 17 heavy (non-hydrogen) atoms. The number of nitrogens with zero attached hydrogens (tertiary/aromatic N) is 1. The zero-order valence-corrected chi connectivity index (χ0v) is 10.6. The average molecular weight is 242 g/mol. The fourth-order valence-corrected chi connectivity index (χ4v) is 2.19. The van der Waals surface area contributed by atoms with Crippen molar-refractivity contribution in [2.45, 2.75) is 39.2 Å². The Labute approximate surface area is 102 Å². The second-order valence-corrected chi connectivity index (χ2v) is 5.04. The molecule has 0 aliphatic carbocycles. The van der Waals surface area contributed by atoms with Gasteiger partial charge in [-0.2, -0.15) is 0 Å². The van der Waals surface area contributed by atoms with E-state index in [2.05, 4.69) is 0 Å². The van der Waals surface area contributed by atoms with Crippen LogP contribution in [0.4, 0.5) is 0 Å². The number of carboxylic acids is 1. The van der Waals surface area contributed by atoms with Crippen LogP contribution >= 0.6 is 0 Å². The SMILES string of the molecule is CC(N)C(C)C(=O)N1CCCC(CC(=O)O)C1. The Morgan fingerprint density at radius 1 is 1.47 bits per heavy atom. The van der Waals surface area contributed by atoms with Crippen molar-refractivity contribution in [1.29, 1.82) is 0 Å². The van der Waals surface area contributed by atoms with E-state index in [4.69, 9.17) is 10.8 Å². The summed E-state index contributed by atoms with van der Waals surface area (Å²) >= 11 is 0. The molecule has 1 rings (SSSR count). The highest BCUT2D eigenvalue weighted by atomic mass is 16.4. The highest BCUT2D eigenvalue weighted by Gasteiger charge is 2.28. The lowest BCUT2D eigenvalue weighted by Gasteiger charge is -2.34. The molecule has 1 aliphatic rings. The van der Waals surface area contributed by atoms with Crippen molar-refractivity contribution < 1.29 is 14.7 Å². The van der Waals surface area contributed by atoms with Crippen molar-refractivity contribution in [3.05, 3.63) is 0 Å². The predicted octanol–water partition coefficient (Wildman–Crippen LogP) is 0.683. The number of carbonyl (C=O) groups excluding carboxylic acids is 1. The summed E-state index contributed by atoms with van der Waals surface area (Å²) in [6.07, 6.45) is 1.92. The molecule has 0 spiro atoms. The van der Waals surface area contributed by atoms with Crippen molar-refractivity contribution in [3.63, 3.8) is 0 Å². The number of carbonyl (C=O) groups is 2. The molecule has 1 saturated heterocycles. The van der Waals surface area contributed by atoms with E-state index in [1.54, 1.807) is 4.90 Å². The van der Waals surface area contributed by atoms with E-state index < -0.39 is 5.97 Å². The standard InChI is InChI=1S/C12H22N2O3/c1-8(9(2)13)12(17)14-5-3-4-10(7-14)6-11(15)16/h8-10H,3-7,13H2,1-2H3,(H,15,16). The zero-order chi connectivity index (χ0) is 13.0. The summed E-state index contributed by atoms with van der Waals surface area (Å²) in [6, 6.07) is -0.164. The molecular weight excluding hydrogens is 220 g/mol. The Morgan fingerprint density at radius 3 is 2.65 bits per heavy atom. The number of hydrogen-bond acceptors (Lipinski definition) is 3. The van der Waals surface area contributed by atoms with Gasteiger partial charge >= 0.3 is 5.97 Å². The minimum atomic E-state index is -0.787. The zero-order valence-electron chi connectivity index (χ0n) is 10.6. The topological polar surface area (TPSA) is 83.6 Å². The number of amides is 1. The van der Waals surface area contributed by atoms with Gasteiger partial charge in [-0.25, -0.2) is 0 Å². The maximum Gasteiger partial charge on any atom is 0.303 e. The van der Waals surface area contributed by atoms with E-state index in [0.29, 0.717) is 6.54 Å². The van der Waals surface area contributed by atoms with Crippen molar-refractivity contribution in [3.8, 4) is 0 Å². The summed E-state index contributed by atoms with van der Waals surface area (Å²) < 4.78 is 0. The quantitative estimate of drug-likeness (QED) is 0.759. The molecule has 3 N–H and O–H groups in total. The molecule has 1 amide bonds. The predicted molar refractivity (Wildman–Crippen MR) is 64.4 cm³/mol. The molecule has 5 nitrogen and oxygen atoms in total. The first-order valence-electron chi connectivity index (χ1n) is 6.18. The van der Waals surface area contributed by atoms with Crippen LogP contribution in [0, 0.1) is 11.8 Å². The number of carboxylic acid groups (broad SMARTS) is 1. The lowest BCUT2D eigenvalue weighted by atomic mass is 9.93. The number of nitrogens with two attached hydrogens (primary N) is 1. The highest BCUT2D eigenvalue weighted by Crippen LogP contribution is 2.21. The Hall–Kier alpha value is -1.10. The van der Waals surface area contributed by atoms with Crippen LogP contribution in [-0.2, 0) is 9.59 Å². The van der Waals surface area contributed by atoms with Gasteiger partial charge in [-0.1, -0.05) is 6.92 Å². The van der Waals surface area contributed by atoms with Gasteiger partial charge in [0.25, 0.3) is 0 Å². The first kappa shape index (κ1) is 14.0. The third kappa shape index (κ3) is 4.00. The van der Waals surface area contributed by atoms with E-state index in [1.165, 1.54) is 0 Å². The Balaban J connectivity index is 2.54. The van der Waals surface area contributed by atoms with E-state index in [9.17, 15) is 9.59 Å². The molecular formula is C12H22N2O3. The number of hydrogen-bond donors (Lipinski definition) is 2. The van der Waals surface area contributed by atoms with Gasteiger partial charge in [0.15, 0.2) is 0 Å². The minimum absolute atomic E-state index is 0.0510. The Kier molecular flexibility index (Phi) is 4.93. The van der Waals surface area contributed by atoms with Crippen LogP contribution in [0.3, 0.4) is 0 Å². The van der Waals surface area contributed by atoms with Gasteiger partial charge in [0, 0.05) is 25.6 Å². The molecule has 1 fully saturated rings. The van der Waals surface area contributed by atoms with Gasteiger partial charge in [0.05, 0.1) is 5.92 Å². The molecule has 0 saturated carbocycles. The van der Waals surface area contributed by atoms with Gasteiger partial charge in [0.1, 0.15) is 0 Å². The van der Waals surface area contributed by atoms with Crippen LogP contribution in [-0.4, -0.2) is 41.0 Å². The van der Waals surface area contributed by atoms with Crippen molar-refractivity contribution in [2.75, 3.05) is 13.1 Å². The van der Waals surface area contributed by atoms with E-state index in [-0.39, 0.29) is 30.2 Å². The monoisotopic (exact) mass is 242 g/mol. The van der Waals surface area contributed by atoms with Crippen LogP contribution in [0.15, 0.2) is 0 Å². The van der Waals surface area contributed by atoms with E-state index in [1.807, 2.05) is 13.8 Å². The number of likely N-dealkylation sites (tertiary alicyclic amines) is 1. The summed E-state index contributed by atoms with van der Waals surface area (Å²) in [5.74, 6) is -0.844. The molecule has 0 aromatic rings. The highest BCUT2D eigenvalue weighted by molar-refractivity contribution is 5.79. The van der Waals surface area contributed by atoms with Crippen LogP contribution < -0.4 is 5.73 Å². The number of aliphatic carboxylic acids is 1. The molecule has 0 aromatic carbocycles. The first-order chi connectivity index (χ1) is 7.91. The normalized spacial score (nSPS) is 24.2. The van der Waals surface area contributed by atoms with Gasteiger partial charge in [-0.3, -0.25) is 9.59 Å². The third-order valence-electron chi connectivity index (χ3n) is 3.47. The lowest BCUT2D eigenvalue weighted by molar-refractivity contribution is -0.142. The van der Waals surface area contributed by atoms with Gasteiger partial charge in [0.2, 0.25) is 5.91 Å². The molecule has 3 atom stereocenters. The Morgan fingerprint density at radius 2 is 2.12 bits per heavy atom. The molecule has 5 heteroatoms. The summed E-state index contributed by atoms with van der Waals surface area (Å²) in [4.78, 5) is 24.5. The largest absolute Gasteiger partial charge is 0.481 e. The fourth-order valence-electron chi connectivity index (χ4n) is 2.19. The average Bonchev–Trinajstić information content (AvgIpc) is 2.26. The smallest absolute Gasteiger partial charge is 0.303 e. The van der Waals surface area contributed by atoms with Crippen molar-refractivity contribution >= 4 is 11.9 Å². The molecule has 0 radical (unpaired) electrons. The summed E-state index contributed by atoms with van der Waals surface area (Å²) in [7, 11) is 0.